The van der Waals surface area contributed by atoms with E-state index in [-0.39, 0.29) is 23.8 Å². The van der Waals surface area contributed by atoms with Gasteiger partial charge in [0.15, 0.2) is 0 Å². The van der Waals surface area contributed by atoms with Crippen molar-refractivity contribution in [3.8, 4) is 0 Å². The van der Waals surface area contributed by atoms with Crippen LogP contribution in [0.5, 0.6) is 0 Å². The SMILES string of the molecule is CCOC(=O)[C@H]1C[C@@]2(C(=O)Nc3ccc(Br)cc32)N2CCC[C@@H]12. The molecule has 3 aliphatic heterocycles. The third-order valence-corrected chi connectivity index (χ3v) is 5.90. The molecule has 3 aliphatic rings. The molecule has 6 heteroatoms. The zero-order valence-corrected chi connectivity index (χ0v) is 14.6. The maximum absolute atomic E-state index is 12.9. The molecule has 3 atom stereocenters. The zero-order chi connectivity index (χ0) is 16.2. The predicted molar refractivity (Wildman–Crippen MR) is 88.9 cm³/mol. The third kappa shape index (κ3) is 2.01. The monoisotopic (exact) mass is 378 g/mol. The van der Waals surface area contributed by atoms with Gasteiger partial charge in [-0.2, -0.15) is 0 Å². The summed E-state index contributed by atoms with van der Waals surface area (Å²) in [5.74, 6) is -0.407. The normalized spacial score (nSPS) is 32.0. The van der Waals surface area contributed by atoms with E-state index in [4.69, 9.17) is 4.74 Å². The van der Waals surface area contributed by atoms with Crippen LogP contribution in [0.3, 0.4) is 0 Å². The minimum absolute atomic E-state index is 0.00991. The molecule has 5 nitrogen and oxygen atoms in total. The van der Waals surface area contributed by atoms with E-state index >= 15 is 0 Å². The maximum atomic E-state index is 12.9. The Hall–Kier alpha value is -1.40. The largest absolute Gasteiger partial charge is 0.466 e. The van der Waals surface area contributed by atoms with Crippen LogP contribution in [0.25, 0.3) is 0 Å². The van der Waals surface area contributed by atoms with Gasteiger partial charge in [-0.05, 0) is 50.9 Å². The lowest BCUT2D eigenvalue weighted by Crippen LogP contribution is -2.47. The number of esters is 1. The standard InChI is InChI=1S/C17H19BrN2O3/c1-2-23-15(21)11-9-17(20-7-3-4-14(11)20)12-8-10(18)5-6-13(12)19-16(17)22/h5-6,8,11,14H,2-4,7,9H2,1H3,(H,19,22)/t11-,14-,17+/m0/s1. The summed E-state index contributed by atoms with van der Waals surface area (Å²) in [7, 11) is 0. The van der Waals surface area contributed by atoms with Gasteiger partial charge in [0.1, 0.15) is 5.54 Å². The number of nitrogens with zero attached hydrogens (tertiary/aromatic N) is 1. The Morgan fingerprint density at radius 1 is 1.52 bits per heavy atom. The Kier molecular flexibility index (Phi) is 3.50. The van der Waals surface area contributed by atoms with Crippen LogP contribution >= 0.6 is 15.9 Å². The predicted octanol–water partition coefficient (Wildman–Crippen LogP) is 2.64. The average Bonchev–Trinajstić information content (AvgIpc) is 3.16. The second-order valence-electron chi connectivity index (χ2n) is 6.47. The first-order valence-electron chi connectivity index (χ1n) is 8.13. The fraction of sp³-hybridized carbons (Fsp3) is 0.529. The number of benzene rings is 1. The van der Waals surface area contributed by atoms with Gasteiger partial charge in [0.2, 0.25) is 5.91 Å². The highest BCUT2D eigenvalue weighted by molar-refractivity contribution is 9.10. The van der Waals surface area contributed by atoms with Crippen LogP contribution in [0.4, 0.5) is 5.69 Å². The Bertz CT molecular complexity index is 692. The van der Waals surface area contributed by atoms with Gasteiger partial charge in [0.05, 0.1) is 12.5 Å². The maximum Gasteiger partial charge on any atom is 0.310 e. The quantitative estimate of drug-likeness (QED) is 0.803. The van der Waals surface area contributed by atoms with Gasteiger partial charge in [0.25, 0.3) is 0 Å². The van der Waals surface area contributed by atoms with Crippen LogP contribution in [0.1, 0.15) is 31.7 Å². The first-order chi connectivity index (χ1) is 11.1. The van der Waals surface area contributed by atoms with Gasteiger partial charge >= 0.3 is 5.97 Å². The summed E-state index contributed by atoms with van der Waals surface area (Å²) in [5, 5.41) is 3.01. The van der Waals surface area contributed by atoms with Crippen molar-refractivity contribution >= 4 is 33.5 Å². The molecule has 23 heavy (non-hydrogen) atoms. The van der Waals surface area contributed by atoms with E-state index in [9.17, 15) is 9.59 Å². The minimum Gasteiger partial charge on any atom is -0.466 e. The molecular formula is C17H19BrN2O3. The van der Waals surface area contributed by atoms with Gasteiger partial charge in [-0.3, -0.25) is 14.5 Å². The number of hydrogen-bond acceptors (Lipinski definition) is 4. The summed E-state index contributed by atoms with van der Waals surface area (Å²) >= 11 is 3.51. The van der Waals surface area contributed by atoms with Crippen LogP contribution in [0.15, 0.2) is 22.7 Å². The van der Waals surface area contributed by atoms with E-state index in [0.29, 0.717) is 13.0 Å². The number of ether oxygens (including phenoxy) is 1. The van der Waals surface area contributed by atoms with Gasteiger partial charge in [-0.1, -0.05) is 15.9 Å². The molecule has 0 aromatic heterocycles. The van der Waals surface area contributed by atoms with Gasteiger partial charge < -0.3 is 10.1 Å². The van der Waals surface area contributed by atoms with E-state index in [2.05, 4.69) is 26.1 Å². The highest BCUT2D eigenvalue weighted by Crippen LogP contribution is 2.54. The smallest absolute Gasteiger partial charge is 0.310 e. The Labute approximate surface area is 143 Å². The van der Waals surface area contributed by atoms with Crippen LogP contribution in [-0.2, 0) is 19.9 Å². The number of amides is 1. The Morgan fingerprint density at radius 2 is 2.35 bits per heavy atom. The Balaban J connectivity index is 1.81. The molecule has 0 unspecified atom stereocenters. The fourth-order valence-corrected chi connectivity index (χ4v) is 4.91. The van der Waals surface area contributed by atoms with Crippen molar-refractivity contribution in [3.63, 3.8) is 0 Å². The number of fused-ring (bicyclic) bond motifs is 4. The molecule has 2 fully saturated rings. The topological polar surface area (TPSA) is 58.6 Å². The number of halogens is 1. The van der Waals surface area contributed by atoms with E-state index in [0.717, 1.165) is 35.1 Å². The van der Waals surface area contributed by atoms with Crippen molar-refractivity contribution in [3.05, 3.63) is 28.2 Å². The summed E-state index contributed by atoms with van der Waals surface area (Å²) in [6.45, 7) is 3.05. The number of hydrogen-bond donors (Lipinski definition) is 1. The molecule has 0 radical (unpaired) electrons. The number of carbonyl (C=O) groups is 2. The summed E-state index contributed by atoms with van der Waals surface area (Å²) in [6.07, 6.45) is 2.46. The molecule has 122 valence electrons. The molecule has 1 aromatic rings. The summed E-state index contributed by atoms with van der Waals surface area (Å²) in [5.41, 5.74) is 1.11. The number of carbonyl (C=O) groups excluding carboxylic acids is 2. The molecule has 4 rings (SSSR count). The molecule has 3 heterocycles. The van der Waals surface area contributed by atoms with E-state index in [1.807, 2.05) is 25.1 Å². The molecule has 1 spiro atoms. The highest BCUT2D eigenvalue weighted by atomic mass is 79.9. The van der Waals surface area contributed by atoms with Crippen LogP contribution in [0.2, 0.25) is 0 Å². The van der Waals surface area contributed by atoms with E-state index < -0.39 is 5.54 Å². The van der Waals surface area contributed by atoms with Crippen molar-refractivity contribution in [2.24, 2.45) is 5.92 Å². The summed E-state index contributed by atoms with van der Waals surface area (Å²) < 4.78 is 6.22. The number of nitrogens with one attached hydrogen (secondary N) is 1. The van der Waals surface area contributed by atoms with Crippen LogP contribution < -0.4 is 5.32 Å². The molecule has 1 aromatic carbocycles. The van der Waals surface area contributed by atoms with Gasteiger partial charge in [-0.15, -0.1) is 0 Å². The molecule has 0 bridgehead atoms. The summed E-state index contributed by atoms with van der Waals surface area (Å²) in [4.78, 5) is 27.6. The fourth-order valence-electron chi connectivity index (χ4n) is 4.55. The second-order valence-corrected chi connectivity index (χ2v) is 7.39. The average molecular weight is 379 g/mol. The first kappa shape index (κ1) is 15.1. The first-order valence-corrected chi connectivity index (χ1v) is 8.92. The zero-order valence-electron chi connectivity index (χ0n) is 13.0. The van der Waals surface area contributed by atoms with Crippen molar-refractivity contribution in [1.82, 2.24) is 4.90 Å². The lowest BCUT2D eigenvalue weighted by atomic mass is 9.84. The van der Waals surface area contributed by atoms with E-state index in [1.54, 1.807) is 0 Å². The van der Waals surface area contributed by atoms with Crippen molar-refractivity contribution < 1.29 is 14.3 Å². The molecule has 1 N–H and O–H groups in total. The van der Waals surface area contributed by atoms with Crippen LogP contribution in [-0.4, -0.2) is 36.0 Å². The lowest BCUT2D eigenvalue weighted by Gasteiger charge is -2.32. The van der Waals surface area contributed by atoms with Crippen LogP contribution in [0, 0.1) is 5.92 Å². The van der Waals surface area contributed by atoms with Crippen molar-refractivity contribution in [2.75, 3.05) is 18.5 Å². The minimum atomic E-state index is -0.724. The summed E-state index contributed by atoms with van der Waals surface area (Å²) in [6, 6.07) is 5.97. The molecule has 1 amide bonds. The van der Waals surface area contributed by atoms with Crippen molar-refractivity contribution in [2.45, 2.75) is 37.8 Å². The molecular weight excluding hydrogens is 360 g/mol. The molecule has 0 saturated carbocycles. The molecule has 2 saturated heterocycles. The van der Waals surface area contributed by atoms with E-state index in [1.165, 1.54) is 0 Å². The third-order valence-electron chi connectivity index (χ3n) is 5.41. The van der Waals surface area contributed by atoms with Gasteiger partial charge in [-0.25, -0.2) is 0 Å². The lowest BCUT2D eigenvalue weighted by molar-refractivity contribution is -0.148. The van der Waals surface area contributed by atoms with Gasteiger partial charge in [0, 0.05) is 21.8 Å². The highest BCUT2D eigenvalue weighted by Gasteiger charge is 2.63. The number of rotatable bonds is 2. The Morgan fingerprint density at radius 3 is 3.13 bits per heavy atom. The van der Waals surface area contributed by atoms with Crippen molar-refractivity contribution in [1.29, 1.82) is 0 Å². The molecule has 0 aliphatic carbocycles. The number of anilines is 1. The second kappa shape index (κ2) is 5.31.